The van der Waals surface area contributed by atoms with Crippen LogP contribution in [0.3, 0.4) is 0 Å². The Balaban J connectivity index is 1.65. The van der Waals surface area contributed by atoms with E-state index in [0.717, 1.165) is 10.2 Å². The number of furan rings is 1. The number of anilines is 1. The smallest absolute Gasteiger partial charge is 0.261 e. The second-order valence-corrected chi connectivity index (χ2v) is 5.92. The molecule has 1 aliphatic heterocycles. The topological polar surface area (TPSA) is 84.2 Å². The summed E-state index contributed by atoms with van der Waals surface area (Å²) >= 11 is 1.39. The van der Waals surface area contributed by atoms with Crippen LogP contribution in [0.15, 0.2) is 34.9 Å². The Hall–Kier alpha value is -2.67. The van der Waals surface area contributed by atoms with Crippen molar-refractivity contribution in [3.63, 3.8) is 0 Å². The summed E-state index contributed by atoms with van der Waals surface area (Å²) in [5.41, 5.74) is 1.39. The Kier molecular flexibility index (Phi) is 2.93. The molecule has 3 aromatic rings. The van der Waals surface area contributed by atoms with Crippen LogP contribution in [-0.4, -0.2) is 23.3 Å². The Morgan fingerprint density at radius 1 is 1.36 bits per heavy atom. The normalized spacial score (nSPS) is 13.7. The van der Waals surface area contributed by atoms with Gasteiger partial charge in [0.05, 0.1) is 21.3 Å². The molecule has 0 saturated carbocycles. The van der Waals surface area contributed by atoms with Crippen LogP contribution in [0.2, 0.25) is 0 Å². The predicted molar refractivity (Wildman–Crippen MR) is 82.3 cm³/mol. The van der Waals surface area contributed by atoms with E-state index in [9.17, 15) is 9.59 Å². The minimum Gasteiger partial charge on any atom is -0.468 e. The van der Waals surface area contributed by atoms with E-state index in [1.807, 2.05) is 24.3 Å². The third-order valence-electron chi connectivity index (χ3n) is 3.49. The number of nitrogens with zero attached hydrogens (tertiary/aromatic N) is 1. The van der Waals surface area contributed by atoms with Crippen LogP contribution in [-0.2, 0) is 6.42 Å². The zero-order valence-electron chi connectivity index (χ0n) is 11.4. The maximum atomic E-state index is 12.4. The maximum absolute atomic E-state index is 12.4. The van der Waals surface area contributed by atoms with E-state index in [4.69, 9.17) is 4.42 Å². The van der Waals surface area contributed by atoms with Gasteiger partial charge >= 0.3 is 0 Å². The molecule has 0 radical (unpaired) electrons. The lowest BCUT2D eigenvalue weighted by Gasteiger charge is -2.11. The third kappa shape index (κ3) is 2.06. The number of amides is 2. The number of carbonyl (C=O) groups is 2. The van der Waals surface area contributed by atoms with Crippen LogP contribution < -0.4 is 10.6 Å². The molecule has 22 heavy (non-hydrogen) atoms. The Morgan fingerprint density at radius 3 is 3.09 bits per heavy atom. The number of rotatable bonds is 2. The molecule has 0 fully saturated rings. The van der Waals surface area contributed by atoms with E-state index < -0.39 is 0 Å². The van der Waals surface area contributed by atoms with Crippen molar-refractivity contribution in [1.29, 1.82) is 0 Å². The predicted octanol–water partition coefficient (Wildman–Crippen LogP) is 2.43. The fraction of sp³-hybridized carbons (Fsp3) is 0.133. The number of para-hydroxylation sites is 1. The van der Waals surface area contributed by atoms with Crippen molar-refractivity contribution in [2.24, 2.45) is 0 Å². The van der Waals surface area contributed by atoms with Crippen LogP contribution >= 0.6 is 11.3 Å². The molecule has 0 unspecified atom stereocenters. The second kappa shape index (κ2) is 4.96. The molecule has 0 atom stereocenters. The van der Waals surface area contributed by atoms with E-state index >= 15 is 0 Å². The fourth-order valence-electron chi connectivity index (χ4n) is 2.47. The van der Waals surface area contributed by atoms with Crippen molar-refractivity contribution in [3.8, 4) is 0 Å². The summed E-state index contributed by atoms with van der Waals surface area (Å²) in [6, 6.07) is 7.64. The van der Waals surface area contributed by atoms with Gasteiger partial charge in [0, 0.05) is 13.0 Å². The molecule has 2 aromatic heterocycles. The van der Waals surface area contributed by atoms with Crippen molar-refractivity contribution >= 4 is 38.5 Å². The van der Waals surface area contributed by atoms with Crippen molar-refractivity contribution in [1.82, 2.24) is 10.3 Å². The summed E-state index contributed by atoms with van der Waals surface area (Å²) in [4.78, 5) is 28.6. The summed E-state index contributed by atoms with van der Waals surface area (Å²) in [7, 11) is 0. The van der Waals surface area contributed by atoms with Gasteiger partial charge in [-0.2, -0.15) is 0 Å². The number of benzene rings is 1. The van der Waals surface area contributed by atoms with Gasteiger partial charge in [-0.25, -0.2) is 4.98 Å². The standard InChI is InChI=1S/C15H11N3O3S/c19-13(8-7-21-10-5-6-16-14(20)12(8)10)18-15-17-9-3-1-2-4-11(9)22-15/h1-4,7H,5-6H2,(H,16,20)(H,17,18,19). The second-order valence-electron chi connectivity index (χ2n) is 4.89. The molecule has 6 nitrogen and oxygen atoms in total. The summed E-state index contributed by atoms with van der Waals surface area (Å²) < 4.78 is 6.33. The van der Waals surface area contributed by atoms with E-state index in [2.05, 4.69) is 15.6 Å². The van der Waals surface area contributed by atoms with Crippen LogP contribution in [0.1, 0.15) is 26.5 Å². The van der Waals surface area contributed by atoms with E-state index in [0.29, 0.717) is 29.4 Å². The molecule has 1 aromatic carbocycles. The van der Waals surface area contributed by atoms with Crippen molar-refractivity contribution in [2.75, 3.05) is 11.9 Å². The van der Waals surface area contributed by atoms with E-state index in [1.54, 1.807) is 0 Å². The average molecular weight is 313 g/mol. The minimum absolute atomic E-state index is 0.242. The monoisotopic (exact) mass is 313 g/mol. The first-order valence-electron chi connectivity index (χ1n) is 6.78. The van der Waals surface area contributed by atoms with Crippen molar-refractivity contribution in [2.45, 2.75) is 6.42 Å². The summed E-state index contributed by atoms with van der Waals surface area (Å²) in [6.07, 6.45) is 1.92. The van der Waals surface area contributed by atoms with Crippen molar-refractivity contribution in [3.05, 3.63) is 47.4 Å². The molecule has 0 aliphatic carbocycles. The van der Waals surface area contributed by atoms with Gasteiger partial charge in [0.2, 0.25) is 0 Å². The molecule has 7 heteroatoms. The van der Waals surface area contributed by atoms with Gasteiger partial charge in [0.25, 0.3) is 11.8 Å². The van der Waals surface area contributed by atoms with E-state index in [1.165, 1.54) is 17.6 Å². The zero-order chi connectivity index (χ0) is 15.1. The lowest BCUT2D eigenvalue weighted by atomic mass is 10.0. The van der Waals surface area contributed by atoms with Gasteiger partial charge in [-0.15, -0.1) is 0 Å². The first-order valence-corrected chi connectivity index (χ1v) is 7.59. The number of thiazole rings is 1. The highest BCUT2D eigenvalue weighted by Gasteiger charge is 2.28. The highest BCUT2D eigenvalue weighted by atomic mass is 32.1. The molecular formula is C15H11N3O3S. The molecule has 2 N–H and O–H groups in total. The van der Waals surface area contributed by atoms with Gasteiger partial charge in [0.15, 0.2) is 5.13 Å². The number of carbonyl (C=O) groups excluding carboxylic acids is 2. The van der Waals surface area contributed by atoms with Gasteiger partial charge in [-0.1, -0.05) is 23.5 Å². The molecule has 1 aliphatic rings. The summed E-state index contributed by atoms with van der Waals surface area (Å²) in [5, 5.41) is 5.94. The summed E-state index contributed by atoms with van der Waals surface area (Å²) in [6.45, 7) is 0.526. The highest BCUT2D eigenvalue weighted by Crippen LogP contribution is 2.27. The third-order valence-corrected chi connectivity index (χ3v) is 4.44. The molecule has 0 spiro atoms. The minimum atomic E-state index is -0.388. The quantitative estimate of drug-likeness (QED) is 0.761. The number of nitrogens with one attached hydrogen (secondary N) is 2. The zero-order valence-corrected chi connectivity index (χ0v) is 12.2. The SMILES string of the molecule is O=C(Nc1nc2ccccc2s1)c1coc2c1C(=O)NCC2. The Morgan fingerprint density at radius 2 is 2.23 bits per heavy atom. The Labute approximate surface area is 129 Å². The first-order chi connectivity index (χ1) is 10.7. The number of aromatic nitrogens is 1. The number of hydrogen-bond acceptors (Lipinski definition) is 5. The lowest BCUT2D eigenvalue weighted by Crippen LogP contribution is -2.32. The fourth-order valence-corrected chi connectivity index (χ4v) is 3.33. The van der Waals surface area contributed by atoms with Gasteiger partial charge < -0.3 is 9.73 Å². The highest BCUT2D eigenvalue weighted by molar-refractivity contribution is 7.22. The van der Waals surface area contributed by atoms with Crippen LogP contribution in [0.4, 0.5) is 5.13 Å². The van der Waals surface area contributed by atoms with Gasteiger partial charge in [-0.3, -0.25) is 14.9 Å². The van der Waals surface area contributed by atoms with Crippen LogP contribution in [0.5, 0.6) is 0 Å². The van der Waals surface area contributed by atoms with Crippen molar-refractivity contribution < 1.29 is 14.0 Å². The van der Waals surface area contributed by atoms with Gasteiger partial charge in [-0.05, 0) is 12.1 Å². The molecule has 4 rings (SSSR count). The molecule has 2 amide bonds. The molecule has 110 valence electrons. The van der Waals surface area contributed by atoms with Gasteiger partial charge in [0.1, 0.15) is 12.0 Å². The molecular weight excluding hydrogens is 302 g/mol. The summed E-state index contributed by atoms with van der Waals surface area (Å²) in [5.74, 6) is -0.108. The average Bonchev–Trinajstić information content (AvgIpc) is 3.10. The van der Waals surface area contributed by atoms with Crippen LogP contribution in [0, 0.1) is 0 Å². The lowest BCUT2D eigenvalue weighted by molar-refractivity contribution is 0.0932. The number of hydrogen-bond donors (Lipinski definition) is 2. The van der Waals surface area contributed by atoms with E-state index in [-0.39, 0.29) is 17.4 Å². The number of fused-ring (bicyclic) bond motifs is 2. The van der Waals surface area contributed by atoms with Crippen LogP contribution in [0.25, 0.3) is 10.2 Å². The first kappa shape index (κ1) is 13.0. The Bertz CT molecular complexity index is 863. The molecule has 0 bridgehead atoms. The molecule has 3 heterocycles. The largest absolute Gasteiger partial charge is 0.468 e. The maximum Gasteiger partial charge on any atom is 0.261 e. The molecule has 0 saturated heterocycles.